The van der Waals surface area contributed by atoms with Gasteiger partial charge in [-0.25, -0.2) is 4.79 Å². The van der Waals surface area contributed by atoms with Crippen molar-refractivity contribution in [3.63, 3.8) is 0 Å². The molecule has 1 unspecified atom stereocenters. The van der Waals surface area contributed by atoms with Crippen LogP contribution in [0.25, 0.3) is 22.3 Å². The summed E-state index contributed by atoms with van der Waals surface area (Å²) >= 11 is 0. The maximum absolute atomic E-state index is 13.0. The number of fused-ring (bicyclic) bond motifs is 1. The molecule has 5 nitrogen and oxygen atoms in total. The minimum absolute atomic E-state index is 0.130. The number of para-hydroxylation sites is 1. The van der Waals surface area contributed by atoms with Gasteiger partial charge < -0.3 is 9.15 Å². The molecule has 1 saturated heterocycles. The van der Waals surface area contributed by atoms with E-state index in [0.29, 0.717) is 22.3 Å². The topological polar surface area (TPSA) is 59.8 Å². The van der Waals surface area contributed by atoms with Crippen molar-refractivity contribution in [1.82, 2.24) is 4.90 Å². The molecule has 3 aromatic rings. The SMILES string of the molecule is CCN1CCCC(OC(=O)c2cccc3c(=O)c(C)c(-c4ccccc4)oc23)C1. The Bertz CT molecular complexity index is 1090. The molecular formula is C24H25NO4. The Kier molecular flexibility index (Phi) is 5.49. The first kappa shape index (κ1) is 19.4. The number of nitrogens with zero attached hydrogens (tertiary/aromatic N) is 1. The van der Waals surface area contributed by atoms with E-state index in [-0.39, 0.29) is 17.1 Å². The molecule has 0 N–H and O–H groups in total. The molecule has 5 heteroatoms. The first-order valence-corrected chi connectivity index (χ1v) is 10.1. The molecule has 0 radical (unpaired) electrons. The third-order valence-electron chi connectivity index (χ3n) is 5.58. The van der Waals surface area contributed by atoms with E-state index in [0.717, 1.165) is 38.0 Å². The third kappa shape index (κ3) is 3.83. The molecule has 1 atom stereocenters. The Balaban J connectivity index is 1.74. The summed E-state index contributed by atoms with van der Waals surface area (Å²) < 4.78 is 11.9. The number of carbonyl (C=O) groups excluding carboxylic acids is 1. The van der Waals surface area contributed by atoms with Crippen LogP contribution in [-0.4, -0.2) is 36.6 Å². The second-order valence-electron chi connectivity index (χ2n) is 7.50. The summed E-state index contributed by atoms with van der Waals surface area (Å²) in [6.45, 7) is 6.58. The van der Waals surface area contributed by atoms with Crippen molar-refractivity contribution in [1.29, 1.82) is 0 Å². The molecule has 1 aliphatic rings. The van der Waals surface area contributed by atoms with Crippen LogP contribution in [0.15, 0.2) is 57.7 Å². The first-order chi connectivity index (χ1) is 14.1. The van der Waals surface area contributed by atoms with Crippen LogP contribution in [0, 0.1) is 6.92 Å². The molecule has 150 valence electrons. The molecule has 29 heavy (non-hydrogen) atoms. The molecule has 0 bridgehead atoms. The predicted octanol–water partition coefficient (Wildman–Crippen LogP) is 4.41. The number of carbonyl (C=O) groups is 1. The van der Waals surface area contributed by atoms with Gasteiger partial charge in [0.1, 0.15) is 17.4 Å². The van der Waals surface area contributed by atoms with E-state index in [1.807, 2.05) is 30.3 Å². The molecule has 0 amide bonds. The van der Waals surface area contributed by atoms with Crippen molar-refractivity contribution in [3.05, 3.63) is 69.9 Å². The Labute approximate surface area is 169 Å². The van der Waals surface area contributed by atoms with E-state index in [1.54, 1.807) is 25.1 Å². The Hall–Kier alpha value is -2.92. The van der Waals surface area contributed by atoms with Crippen LogP contribution < -0.4 is 5.43 Å². The maximum atomic E-state index is 13.0. The lowest BCUT2D eigenvalue weighted by Crippen LogP contribution is -2.40. The van der Waals surface area contributed by atoms with Gasteiger partial charge in [0.05, 0.1) is 5.39 Å². The second kappa shape index (κ2) is 8.21. The monoisotopic (exact) mass is 391 g/mol. The van der Waals surface area contributed by atoms with E-state index < -0.39 is 5.97 Å². The lowest BCUT2D eigenvalue weighted by atomic mass is 10.0. The van der Waals surface area contributed by atoms with Crippen LogP contribution in [0.5, 0.6) is 0 Å². The number of rotatable bonds is 4. The van der Waals surface area contributed by atoms with Crippen LogP contribution in [0.4, 0.5) is 0 Å². The zero-order valence-electron chi connectivity index (χ0n) is 16.8. The van der Waals surface area contributed by atoms with Gasteiger partial charge in [0.2, 0.25) is 0 Å². The van der Waals surface area contributed by atoms with Gasteiger partial charge in [-0.1, -0.05) is 43.3 Å². The number of esters is 1. The quantitative estimate of drug-likeness (QED) is 0.617. The van der Waals surface area contributed by atoms with Gasteiger partial charge in [-0.3, -0.25) is 9.69 Å². The first-order valence-electron chi connectivity index (χ1n) is 10.1. The van der Waals surface area contributed by atoms with E-state index >= 15 is 0 Å². The number of benzene rings is 2. The second-order valence-corrected chi connectivity index (χ2v) is 7.50. The largest absolute Gasteiger partial charge is 0.457 e. The zero-order chi connectivity index (χ0) is 20.4. The summed E-state index contributed by atoms with van der Waals surface area (Å²) in [4.78, 5) is 28.2. The minimum atomic E-state index is -0.440. The summed E-state index contributed by atoms with van der Waals surface area (Å²) in [5.74, 6) is 0.0442. The van der Waals surface area contributed by atoms with Crippen LogP contribution in [0.2, 0.25) is 0 Å². The van der Waals surface area contributed by atoms with Crippen molar-refractivity contribution in [2.45, 2.75) is 32.8 Å². The van der Waals surface area contributed by atoms with E-state index in [1.165, 1.54) is 0 Å². The molecule has 0 aliphatic carbocycles. The lowest BCUT2D eigenvalue weighted by molar-refractivity contribution is 0.00784. The van der Waals surface area contributed by atoms with Crippen molar-refractivity contribution >= 4 is 16.9 Å². The highest BCUT2D eigenvalue weighted by Crippen LogP contribution is 2.28. The number of ether oxygens (including phenoxy) is 1. The Morgan fingerprint density at radius 2 is 1.97 bits per heavy atom. The normalized spacial score (nSPS) is 17.4. The molecule has 2 heterocycles. The molecule has 1 aliphatic heterocycles. The molecule has 4 rings (SSSR count). The fourth-order valence-electron chi connectivity index (χ4n) is 3.95. The number of piperidine rings is 1. The van der Waals surface area contributed by atoms with Crippen LogP contribution >= 0.6 is 0 Å². The molecular weight excluding hydrogens is 366 g/mol. The maximum Gasteiger partial charge on any atom is 0.342 e. The van der Waals surface area contributed by atoms with Gasteiger partial charge in [0.25, 0.3) is 0 Å². The van der Waals surface area contributed by atoms with Gasteiger partial charge in [0, 0.05) is 17.7 Å². The van der Waals surface area contributed by atoms with Gasteiger partial charge in [-0.05, 0) is 45.0 Å². The van der Waals surface area contributed by atoms with E-state index in [2.05, 4.69) is 11.8 Å². The van der Waals surface area contributed by atoms with Crippen LogP contribution in [0.1, 0.15) is 35.7 Å². The highest BCUT2D eigenvalue weighted by atomic mass is 16.5. The van der Waals surface area contributed by atoms with Gasteiger partial charge >= 0.3 is 5.97 Å². The van der Waals surface area contributed by atoms with E-state index in [9.17, 15) is 9.59 Å². The van der Waals surface area contributed by atoms with Crippen molar-refractivity contribution < 1.29 is 13.9 Å². The standard InChI is InChI=1S/C24H25NO4/c1-3-25-14-8-11-18(15-25)28-24(27)20-13-7-12-19-21(26)16(2)22(29-23(19)20)17-9-5-4-6-10-17/h4-7,9-10,12-13,18H,3,8,11,14-15H2,1-2H3. The third-order valence-corrected chi connectivity index (χ3v) is 5.58. The Morgan fingerprint density at radius 1 is 1.17 bits per heavy atom. The summed E-state index contributed by atoms with van der Waals surface area (Å²) in [5, 5.41) is 0.399. The van der Waals surface area contributed by atoms with Gasteiger partial charge in [-0.15, -0.1) is 0 Å². The van der Waals surface area contributed by atoms with Gasteiger partial charge in [-0.2, -0.15) is 0 Å². The smallest absolute Gasteiger partial charge is 0.342 e. The van der Waals surface area contributed by atoms with E-state index in [4.69, 9.17) is 9.15 Å². The fourth-order valence-corrected chi connectivity index (χ4v) is 3.95. The van der Waals surface area contributed by atoms with Crippen molar-refractivity contribution in [2.75, 3.05) is 19.6 Å². The fraction of sp³-hybridized carbons (Fsp3) is 0.333. The zero-order valence-corrected chi connectivity index (χ0v) is 16.8. The highest BCUT2D eigenvalue weighted by Gasteiger charge is 2.25. The summed E-state index contributed by atoms with van der Waals surface area (Å²) in [6, 6.07) is 14.5. The number of likely N-dealkylation sites (tertiary alicyclic amines) is 1. The predicted molar refractivity (Wildman–Crippen MR) is 113 cm³/mol. The molecule has 0 saturated carbocycles. The summed E-state index contributed by atoms with van der Waals surface area (Å²) in [5.41, 5.74) is 1.79. The molecule has 2 aromatic carbocycles. The molecule has 0 spiro atoms. The molecule has 1 fully saturated rings. The average Bonchev–Trinajstić information content (AvgIpc) is 2.76. The average molecular weight is 391 g/mol. The molecule has 1 aromatic heterocycles. The number of likely N-dealkylation sites (N-methyl/N-ethyl adjacent to an activating group) is 1. The Morgan fingerprint density at radius 3 is 2.72 bits per heavy atom. The minimum Gasteiger partial charge on any atom is -0.457 e. The summed E-state index contributed by atoms with van der Waals surface area (Å²) in [6.07, 6.45) is 1.72. The van der Waals surface area contributed by atoms with Crippen molar-refractivity contribution in [3.8, 4) is 11.3 Å². The number of hydrogen-bond acceptors (Lipinski definition) is 5. The highest BCUT2D eigenvalue weighted by molar-refractivity contribution is 6.02. The summed E-state index contributed by atoms with van der Waals surface area (Å²) in [7, 11) is 0. The number of hydrogen-bond donors (Lipinski definition) is 0. The van der Waals surface area contributed by atoms with Gasteiger partial charge in [0.15, 0.2) is 11.0 Å². The van der Waals surface area contributed by atoms with Crippen molar-refractivity contribution in [2.24, 2.45) is 0 Å². The van der Waals surface area contributed by atoms with Crippen LogP contribution in [-0.2, 0) is 4.74 Å². The van der Waals surface area contributed by atoms with Crippen LogP contribution in [0.3, 0.4) is 0 Å². The lowest BCUT2D eigenvalue weighted by Gasteiger charge is -2.31.